The highest BCUT2D eigenvalue weighted by Crippen LogP contribution is 2.35. The second-order valence-corrected chi connectivity index (χ2v) is 5.60. The minimum atomic E-state index is 0.433. The fraction of sp³-hybridized carbons (Fsp3) is 0.636. The van der Waals surface area contributed by atoms with E-state index < -0.39 is 0 Å². The molecule has 16 heavy (non-hydrogen) atoms. The molecule has 5 heteroatoms. The minimum Gasteiger partial charge on any atom is -0.411 e. The van der Waals surface area contributed by atoms with Gasteiger partial charge in [-0.05, 0) is 6.42 Å². The number of thioether (sulfide) groups is 1. The fourth-order valence-corrected chi connectivity index (χ4v) is 3.20. The first-order valence-electron chi connectivity index (χ1n) is 5.60. The highest BCUT2D eigenvalue weighted by atomic mass is 32.2. The molecule has 1 aliphatic rings. The molecule has 0 saturated heterocycles. The summed E-state index contributed by atoms with van der Waals surface area (Å²) >= 11 is 1.77. The van der Waals surface area contributed by atoms with E-state index in [9.17, 15) is 0 Å². The number of aromatic nitrogens is 2. The third-order valence-electron chi connectivity index (χ3n) is 2.82. The van der Waals surface area contributed by atoms with Gasteiger partial charge in [-0.2, -0.15) is 0 Å². The molecule has 4 nitrogen and oxygen atoms in total. The Morgan fingerprint density at radius 2 is 2.38 bits per heavy atom. The Morgan fingerprint density at radius 3 is 3.00 bits per heavy atom. The second kappa shape index (κ2) is 4.49. The van der Waals surface area contributed by atoms with Crippen LogP contribution in [0, 0.1) is 0 Å². The molecule has 0 aliphatic carbocycles. The molecule has 0 aromatic carbocycles. The van der Waals surface area contributed by atoms with Crippen molar-refractivity contribution in [3.63, 3.8) is 0 Å². The number of oxime groups is 1. The average Bonchev–Trinajstić information content (AvgIpc) is 2.55. The zero-order valence-corrected chi connectivity index (χ0v) is 10.7. The van der Waals surface area contributed by atoms with E-state index >= 15 is 0 Å². The zero-order chi connectivity index (χ0) is 11.7. The molecule has 1 atom stereocenters. The summed E-state index contributed by atoms with van der Waals surface area (Å²) in [5.74, 6) is 1.08. The summed E-state index contributed by atoms with van der Waals surface area (Å²) in [6.45, 7) is 4.28. The van der Waals surface area contributed by atoms with Crippen LogP contribution >= 0.6 is 11.8 Å². The van der Waals surface area contributed by atoms with Gasteiger partial charge in [-0.15, -0.1) is 11.8 Å². The number of aryl methyl sites for hydroxylation is 1. The molecular formula is C11H17N3OS. The molecular weight excluding hydrogens is 222 g/mol. The Labute approximate surface area is 99.8 Å². The van der Waals surface area contributed by atoms with Gasteiger partial charge < -0.3 is 9.77 Å². The Balaban J connectivity index is 2.47. The van der Waals surface area contributed by atoms with Gasteiger partial charge in [0.05, 0.1) is 5.69 Å². The van der Waals surface area contributed by atoms with Crippen molar-refractivity contribution in [1.82, 2.24) is 9.55 Å². The number of nitrogens with zero attached hydrogens (tertiary/aromatic N) is 3. The van der Waals surface area contributed by atoms with Gasteiger partial charge in [0.2, 0.25) is 0 Å². The summed E-state index contributed by atoms with van der Waals surface area (Å²) in [4.78, 5) is 4.62. The maximum atomic E-state index is 9.06. The molecule has 0 spiro atoms. The molecule has 1 aromatic heterocycles. The lowest BCUT2D eigenvalue weighted by atomic mass is 10.1. The van der Waals surface area contributed by atoms with Crippen LogP contribution in [0.2, 0.25) is 0 Å². The summed E-state index contributed by atoms with van der Waals surface area (Å²) in [5, 5.41) is 13.9. The fourth-order valence-electron chi connectivity index (χ4n) is 2.05. The largest absolute Gasteiger partial charge is 0.411 e. The molecule has 1 N–H and O–H groups in total. The highest BCUT2D eigenvalue weighted by molar-refractivity contribution is 8.00. The number of imidazole rings is 1. The number of hydrogen-bond donors (Lipinski definition) is 1. The zero-order valence-electron chi connectivity index (χ0n) is 9.90. The van der Waals surface area contributed by atoms with Crippen molar-refractivity contribution < 1.29 is 5.21 Å². The molecule has 1 aliphatic heterocycles. The number of fused-ring (bicyclic) bond motifs is 1. The van der Waals surface area contributed by atoms with E-state index in [1.165, 1.54) is 0 Å². The van der Waals surface area contributed by atoms with E-state index in [4.69, 9.17) is 5.21 Å². The molecule has 0 radical (unpaired) electrons. The third-order valence-corrected chi connectivity index (χ3v) is 3.89. The summed E-state index contributed by atoms with van der Waals surface area (Å²) < 4.78 is 2.06. The standard InChI is InChI=1S/C11H17N3OS/c1-4-5-9-12-11-10(14(9)3)8(13-15)6-7(2)16-11/h7,15H,4-6H2,1-3H3/b13-8+. The summed E-state index contributed by atoms with van der Waals surface area (Å²) in [7, 11) is 2.00. The van der Waals surface area contributed by atoms with E-state index in [1.807, 2.05) is 7.05 Å². The Hall–Kier alpha value is -0.970. The van der Waals surface area contributed by atoms with Crippen LogP contribution in [0.1, 0.15) is 38.2 Å². The number of rotatable bonds is 2. The van der Waals surface area contributed by atoms with Gasteiger partial charge in [0, 0.05) is 25.1 Å². The van der Waals surface area contributed by atoms with Crippen molar-refractivity contribution in [2.45, 2.75) is 43.4 Å². The van der Waals surface area contributed by atoms with Crippen molar-refractivity contribution in [3.05, 3.63) is 11.5 Å². The predicted molar refractivity (Wildman–Crippen MR) is 65.5 cm³/mol. The molecule has 0 amide bonds. The second-order valence-electron chi connectivity index (χ2n) is 4.17. The van der Waals surface area contributed by atoms with E-state index in [-0.39, 0.29) is 0 Å². The highest BCUT2D eigenvalue weighted by Gasteiger charge is 2.27. The van der Waals surface area contributed by atoms with E-state index in [1.54, 1.807) is 11.8 Å². The first kappa shape index (κ1) is 11.5. The molecule has 88 valence electrons. The van der Waals surface area contributed by atoms with Gasteiger partial charge in [-0.1, -0.05) is 19.0 Å². The lowest BCUT2D eigenvalue weighted by Crippen LogP contribution is -2.18. The molecule has 2 rings (SSSR count). The summed E-state index contributed by atoms with van der Waals surface area (Å²) in [5.41, 5.74) is 1.76. The van der Waals surface area contributed by atoms with Crippen molar-refractivity contribution in [3.8, 4) is 0 Å². The molecule has 0 fully saturated rings. The first-order chi connectivity index (χ1) is 7.67. The van der Waals surface area contributed by atoms with Gasteiger partial charge in [0.1, 0.15) is 16.6 Å². The van der Waals surface area contributed by atoms with Crippen molar-refractivity contribution >= 4 is 17.5 Å². The predicted octanol–water partition coefficient (Wildman–Crippen LogP) is 2.44. The normalized spacial score (nSPS) is 22.4. The maximum absolute atomic E-state index is 9.06. The van der Waals surface area contributed by atoms with Crippen LogP contribution in [-0.2, 0) is 13.5 Å². The van der Waals surface area contributed by atoms with Crippen LogP contribution in [0.25, 0.3) is 0 Å². The monoisotopic (exact) mass is 239 g/mol. The Bertz CT molecular complexity index is 425. The van der Waals surface area contributed by atoms with Crippen molar-refractivity contribution in [2.24, 2.45) is 12.2 Å². The van der Waals surface area contributed by atoms with Gasteiger partial charge in [-0.25, -0.2) is 4.98 Å². The van der Waals surface area contributed by atoms with E-state index in [0.29, 0.717) is 5.25 Å². The lowest BCUT2D eigenvalue weighted by molar-refractivity contribution is 0.317. The Morgan fingerprint density at radius 1 is 1.62 bits per heavy atom. The molecule has 0 bridgehead atoms. The van der Waals surface area contributed by atoms with Crippen LogP contribution in [0.15, 0.2) is 10.2 Å². The minimum absolute atomic E-state index is 0.433. The SMILES string of the molecule is CCCc1nc2c(n1C)/C(=N/O)CC(C)S2. The van der Waals surface area contributed by atoms with Crippen LogP contribution < -0.4 is 0 Å². The van der Waals surface area contributed by atoms with Crippen LogP contribution in [0.5, 0.6) is 0 Å². The lowest BCUT2D eigenvalue weighted by Gasteiger charge is -2.18. The molecule has 2 heterocycles. The van der Waals surface area contributed by atoms with Gasteiger partial charge in [0.25, 0.3) is 0 Å². The third kappa shape index (κ3) is 1.84. The van der Waals surface area contributed by atoms with Crippen LogP contribution in [-0.4, -0.2) is 25.7 Å². The first-order valence-corrected chi connectivity index (χ1v) is 6.48. The van der Waals surface area contributed by atoms with E-state index in [0.717, 1.165) is 41.5 Å². The topological polar surface area (TPSA) is 50.4 Å². The summed E-state index contributed by atoms with van der Waals surface area (Å²) in [6, 6.07) is 0. The molecule has 1 unspecified atom stereocenters. The molecule has 0 saturated carbocycles. The van der Waals surface area contributed by atoms with Crippen molar-refractivity contribution in [1.29, 1.82) is 0 Å². The Kier molecular flexibility index (Phi) is 3.23. The van der Waals surface area contributed by atoms with Gasteiger partial charge in [-0.3, -0.25) is 0 Å². The number of hydrogen-bond acceptors (Lipinski definition) is 4. The van der Waals surface area contributed by atoms with Gasteiger partial charge in [0.15, 0.2) is 0 Å². The van der Waals surface area contributed by atoms with Crippen molar-refractivity contribution in [2.75, 3.05) is 0 Å². The smallest absolute Gasteiger partial charge is 0.124 e. The maximum Gasteiger partial charge on any atom is 0.124 e. The van der Waals surface area contributed by atoms with Crippen LogP contribution in [0.4, 0.5) is 0 Å². The van der Waals surface area contributed by atoms with E-state index in [2.05, 4.69) is 28.6 Å². The quantitative estimate of drug-likeness (QED) is 0.637. The molecule has 1 aromatic rings. The van der Waals surface area contributed by atoms with Gasteiger partial charge >= 0.3 is 0 Å². The average molecular weight is 239 g/mol. The summed E-state index contributed by atoms with van der Waals surface area (Å²) in [6.07, 6.45) is 2.85. The van der Waals surface area contributed by atoms with Crippen LogP contribution in [0.3, 0.4) is 0 Å².